The molecule has 0 radical (unpaired) electrons. The minimum atomic E-state index is -0.373. The van der Waals surface area contributed by atoms with Crippen molar-refractivity contribution in [3.63, 3.8) is 0 Å². The van der Waals surface area contributed by atoms with Crippen LogP contribution < -0.4 is 5.32 Å². The van der Waals surface area contributed by atoms with Crippen LogP contribution in [0, 0.1) is 0 Å². The van der Waals surface area contributed by atoms with Crippen molar-refractivity contribution in [1.82, 2.24) is 4.98 Å². The SMILES string of the molecule is CC(C)=CC(=O)Nc1scc(-c2ccncc2)c1C(=O)OC1CCCCC1. The molecule has 2 aromatic rings. The lowest BCUT2D eigenvalue weighted by molar-refractivity contribution is -0.111. The Labute approximate surface area is 163 Å². The quantitative estimate of drug-likeness (QED) is 0.568. The van der Waals surface area contributed by atoms with Crippen LogP contribution in [0.1, 0.15) is 56.3 Å². The van der Waals surface area contributed by atoms with Crippen molar-refractivity contribution in [2.24, 2.45) is 0 Å². The number of esters is 1. The van der Waals surface area contributed by atoms with E-state index in [4.69, 9.17) is 4.74 Å². The Morgan fingerprint density at radius 2 is 1.89 bits per heavy atom. The highest BCUT2D eigenvalue weighted by Gasteiger charge is 2.26. The van der Waals surface area contributed by atoms with Gasteiger partial charge in [-0.3, -0.25) is 9.78 Å². The normalized spacial score (nSPS) is 14.4. The second kappa shape index (κ2) is 8.95. The van der Waals surface area contributed by atoms with E-state index in [0.717, 1.165) is 42.4 Å². The van der Waals surface area contributed by atoms with Gasteiger partial charge in [0, 0.05) is 29.4 Å². The number of anilines is 1. The molecule has 0 unspecified atom stereocenters. The Morgan fingerprint density at radius 3 is 2.56 bits per heavy atom. The largest absolute Gasteiger partial charge is 0.459 e. The highest BCUT2D eigenvalue weighted by molar-refractivity contribution is 7.15. The maximum absolute atomic E-state index is 13.0. The van der Waals surface area contributed by atoms with E-state index in [1.807, 2.05) is 31.4 Å². The van der Waals surface area contributed by atoms with Gasteiger partial charge in [0.1, 0.15) is 16.7 Å². The minimum absolute atomic E-state index is 0.0437. The van der Waals surface area contributed by atoms with Gasteiger partial charge in [0.05, 0.1) is 0 Å². The molecule has 1 saturated carbocycles. The molecule has 5 nitrogen and oxygen atoms in total. The van der Waals surface area contributed by atoms with Gasteiger partial charge >= 0.3 is 5.97 Å². The molecule has 1 fully saturated rings. The fraction of sp³-hybridized carbons (Fsp3) is 0.381. The van der Waals surface area contributed by atoms with Gasteiger partial charge in [-0.15, -0.1) is 11.3 Å². The first-order valence-corrected chi connectivity index (χ1v) is 10.1. The van der Waals surface area contributed by atoms with Crippen LogP contribution >= 0.6 is 11.3 Å². The summed E-state index contributed by atoms with van der Waals surface area (Å²) in [5.41, 5.74) is 2.95. The van der Waals surface area contributed by atoms with E-state index >= 15 is 0 Å². The summed E-state index contributed by atoms with van der Waals surface area (Å²) in [5.74, 6) is -0.618. The number of nitrogens with zero attached hydrogens (tertiary/aromatic N) is 1. The first kappa shape index (κ1) is 19.3. The molecule has 0 atom stereocenters. The van der Waals surface area contributed by atoms with Gasteiger partial charge < -0.3 is 10.1 Å². The van der Waals surface area contributed by atoms with E-state index in [0.29, 0.717) is 10.6 Å². The van der Waals surface area contributed by atoms with Crippen LogP contribution in [0.25, 0.3) is 11.1 Å². The summed E-state index contributed by atoms with van der Waals surface area (Å²) in [6, 6.07) is 3.70. The van der Waals surface area contributed by atoms with E-state index in [1.54, 1.807) is 12.4 Å². The monoisotopic (exact) mass is 384 g/mol. The number of carbonyl (C=O) groups is 2. The van der Waals surface area contributed by atoms with Crippen molar-refractivity contribution >= 4 is 28.2 Å². The fourth-order valence-electron chi connectivity index (χ4n) is 3.20. The van der Waals surface area contributed by atoms with Crippen molar-refractivity contribution in [1.29, 1.82) is 0 Å². The summed E-state index contributed by atoms with van der Waals surface area (Å²) < 4.78 is 5.79. The van der Waals surface area contributed by atoms with Crippen molar-refractivity contribution in [2.75, 3.05) is 5.32 Å². The lowest BCUT2D eigenvalue weighted by Crippen LogP contribution is -2.22. The number of carbonyl (C=O) groups excluding carboxylic acids is 2. The number of allylic oxidation sites excluding steroid dienone is 1. The van der Waals surface area contributed by atoms with Crippen LogP contribution in [0.5, 0.6) is 0 Å². The average molecular weight is 385 g/mol. The van der Waals surface area contributed by atoms with Gasteiger partial charge in [0.15, 0.2) is 0 Å². The molecule has 0 spiro atoms. The smallest absolute Gasteiger partial charge is 0.342 e. The molecule has 0 bridgehead atoms. The van der Waals surface area contributed by atoms with Crippen LogP contribution in [0.4, 0.5) is 5.00 Å². The Morgan fingerprint density at radius 1 is 1.19 bits per heavy atom. The molecule has 2 heterocycles. The Bertz CT molecular complexity index is 832. The zero-order valence-electron chi connectivity index (χ0n) is 15.7. The summed E-state index contributed by atoms with van der Waals surface area (Å²) in [7, 11) is 0. The highest BCUT2D eigenvalue weighted by Crippen LogP contribution is 2.37. The third kappa shape index (κ3) is 5.04. The van der Waals surface area contributed by atoms with Gasteiger partial charge in [0.2, 0.25) is 5.91 Å². The second-order valence-electron chi connectivity index (χ2n) is 6.97. The number of rotatable bonds is 5. The molecular weight excluding hydrogens is 360 g/mol. The summed E-state index contributed by atoms with van der Waals surface area (Å²) in [5, 5.41) is 5.24. The van der Waals surface area contributed by atoms with Gasteiger partial charge in [-0.2, -0.15) is 0 Å². The van der Waals surface area contributed by atoms with Crippen LogP contribution in [0.15, 0.2) is 41.6 Å². The topological polar surface area (TPSA) is 68.3 Å². The first-order chi connectivity index (χ1) is 13.0. The third-order valence-electron chi connectivity index (χ3n) is 4.47. The van der Waals surface area contributed by atoms with Crippen molar-refractivity contribution in [2.45, 2.75) is 52.1 Å². The zero-order valence-corrected chi connectivity index (χ0v) is 16.5. The molecule has 3 rings (SSSR count). The van der Waals surface area contributed by atoms with E-state index < -0.39 is 0 Å². The molecular formula is C21H24N2O3S. The maximum Gasteiger partial charge on any atom is 0.342 e. The van der Waals surface area contributed by atoms with Crippen molar-refractivity contribution < 1.29 is 14.3 Å². The molecule has 27 heavy (non-hydrogen) atoms. The molecule has 1 amide bonds. The van der Waals surface area contributed by atoms with Crippen LogP contribution in [0.2, 0.25) is 0 Å². The number of ether oxygens (including phenoxy) is 1. The number of nitrogens with one attached hydrogen (secondary N) is 1. The molecule has 0 aromatic carbocycles. The predicted molar refractivity (Wildman–Crippen MR) is 108 cm³/mol. The highest BCUT2D eigenvalue weighted by atomic mass is 32.1. The van der Waals surface area contributed by atoms with E-state index in [-0.39, 0.29) is 18.0 Å². The molecule has 1 N–H and O–H groups in total. The van der Waals surface area contributed by atoms with E-state index in [2.05, 4.69) is 10.3 Å². The lowest BCUT2D eigenvalue weighted by Gasteiger charge is -2.22. The van der Waals surface area contributed by atoms with Crippen LogP contribution in [-0.2, 0) is 9.53 Å². The predicted octanol–water partition coefficient (Wildman–Crippen LogP) is 5.20. The zero-order chi connectivity index (χ0) is 19.2. The number of hydrogen-bond acceptors (Lipinski definition) is 5. The molecule has 0 saturated heterocycles. The standard InChI is InChI=1S/C21H24N2O3S/c1-14(2)12-18(24)23-20-19(21(25)26-16-6-4-3-5-7-16)17(13-27-20)15-8-10-22-11-9-15/h8-13,16H,3-7H2,1-2H3,(H,23,24). The average Bonchev–Trinajstić information content (AvgIpc) is 3.06. The summed E-state index contributed by atoms with van der Waals surface area (Å²) in [6.07, 6.45) is 10.0. The Kier molecular flexibility index (Phi) is 6.40. The van der Waals surface area contributed by atoms with Crippen molar-refractivity contribution in [3.05, 3.63) is 47.1 Å². The summed E-state index contributed by atoms with van der Waals surface area (Å²) >= 11 is 1.33. The van der Waals surface area contributed by atoms with Gasteiger partial charge in [-0.25, -0.2) is 4.79 Å². The molecule has 1 aliphatic carbocycles. The van der Waals surface area contributed by atoms with Crippen molar-refractivity contribution in [3.8, 4) is 11.1 Å². The van der Waals surface area contributed by atoms with Crippen LogP contribution in [-0.4, -0.2) is 23.0 Å². The van der Waals surface area contributed by atoms with Gasteiger partial charge in [0.25, 0.3) is 0 Å². The van der Waals surface area contributed by atoms with E-state index in [9.17, 15) is 9.59 Å². The fourth-order valence-corrected chi connectivity index (χ4v) is 4.16. The first-order valence-electron chi connectivity index (χ1n) is 9.23. The number of aromatic nitrogens is 1. The summed E-state index contributed by atoms with van der Waals surface area (Å²) in [4.78, 5) is 29.2. The third-order valence-corrected chi connectivity index (χ3v) is 5.36. The summed E-state index contributed by atoms with van der Waals surface area (Å²) in [6.45, 7) is 3.71. The second-order valence-corrected chi connectivity index (χ2v) is 7.85. The molecule has 142 valence electrons. The van der Waals surface area contributed by atoms with Gasteiger partial charge in [-0.1, -0.05) is 12.0 Å². The Balaban J connectivity index is 1.91. The number of thiophene rings is 1. The van der Waals surface area contributed by atoms with E-state index in [1.165, 1.54) is 23.8 Å². The molecule has 6 heteroatoms. The molecule has 0 aliphatic heterocycles. The maximum atomic E-state index is 13.0. The number of pyridine rings is 1. The lowest BCUT2D eigenvalue weighted by atomic mass is 9.97. The molecule has 2 aromatic heterocycles. The molecule has 1 aliphatic rings. The van der Waals surface area contributed by atoms with Crippen LogP contribution in [0.3, 0.4) is 0 Å². The number of hydrogen-bond donors (Lipinski definition) is 1. The number of amides is 1. The minimum Gasteiger partial charge on any atom is -0.459 e. The van der Waals surface area contributed by atoms with Gasteiger partial charge in [-0.05, 0) is 57.2 Å². The Hall–Kier alpha value is -2.47.